The number of furan rings is 1. The van der Waals surface area contributed by atoms with Gasteiger partial charge in [-0.2, -0.15) is 0 Å². The summed E-state index contributed by atoms with van der Waals surface area (Å²) in [6, 6.07) is 22.1. The number of rotatable bonds is 8. The minimum Gasteiger partial charge on any atom is -0.507 e. The molecule has 0 spiro atoms. The number of aromatic nitrogens is 3. The van der Waals surface area contributed by atoms with Crippen molar-refractivity contribution in [3.05, 3.63) is 94.6 Å². The Balaban J connectivity index is 1.24. The van der Waals surface area contributed by atoms with E-state index in [2.05, 4.69) is 31.6 Å². The predicted molar refractivity (Wildman–Crippen MR) is 164 cm³/mol. The van der Waals surface area contributed by atoms with Crippen LogP contribution in [0.25, 0.3) is 44.3 Å². The molecule has 0 radical (unpaired) electrons. The van der Waals surface area contributed by atoms with E-state index >= 15 is 0 Å². The van der Waals surface area contributed by atoms with Crippen LogP contribution < -0.4 is 5.32 Å². The summed E-state index contributed by atoms with van der Waals surface area (Å²) in [6.07, 6.45) is 2.55. The Hall–Kier alpha value is -4.96. The van der Waals surface area contributed by atoms with E-state index < -0.39 is 5.97 Å². The minimum absolute atomic E-state index is 0.105. The predicted octanol–water partition coefficient (Wildman–Crippen LogP) is 7.41. The zero-order valence-corrected chi connectivity index (χ0v) is 24.1. The van der Waals surface area contributed by atoms with Gasteiger partial charge in [-0.3, -0.25) is 9.48 Å². The molecule has 0 saturated heterocycles. The quantitative estimate of drug-likeness (QED) is 0.161. The van der Waals surface area contributed by atoms with Gasteiger partial charge in [0.2, 0.25) is 5.91 Å². The SMILES string of the molecule is Cc1ccc(-c2oc3cc(O)c(C(=O)O)cc3c2-c2cn(CCCC(=O)Nc3ccc(Br)c4ccccc34)nn2)cc1. The molecule has 4 aromatic carbocycles. The van der Waals surface area contributed by atoms with Crippen LogP contribution in [-0.2, 0) is 11.3 Å². The van der Waals surface area contributed by atoms with Crippen molar-refractivity contribution < 1.29 is 24.2 Å². The number of fused-ring (bicyclic) bond motifs is 2. The Kier molecular flexibility index (Phi) is 7.22. The van der Waals surface area contributed by atoms with E-state index in [0.717, 1.165) is 32.1 Å². The van der Waals surface area contributed by atoms with Gasteiger partial charge >= 0.3 is 5.97 Å². The molecule has 6 rings (SSSR count). The van der Waals surface area contributed by atoms with Gasteiger partial charge in [0.1, 0.15) is 28.4 Å². The first-order chi connectivity index (χ1) is 20.3. The number of carbonyl (C=O) groups is 2. The second-order valence-electron chi connectivity index (χ2n) is 10.0. The number of carboxylic acid groups (broad SMARTS) is 1. The molecule has 0 aliphatic heterocycles. The van der Waals surface area contributed by atoms with Gasteiger partial charge in [-0.15, -0.1) is 5.10 Å². The number of phenols is 1. The third kappa shape index (κ3) is 5.24. The van der Waals surface area contributed by atoms with Crippen LogP contribution in [0.3, 0.4) is 0 Å². The summed E-state index contributed by atoms with van der Waals surface area (Å²) < 4.78 is 8.74. The number of halogens is 1. The Morgan fingerprint density at radius 2 is 1.76 bits per heavy atom. The van der Waals surface area contributed by atoms with Crippen LogP contribution in [0.15, 0.2) is 87.9 Å². The number of hydrogen-bond acceptors (Lipinski definition) is 6. The van der Waals surface area contributed by atoms with Gasteiger partial charge in [-0.25, -0.2) is 4.79 Å². The van der Waals surface area contributed by atoms with Gasteiger partial charge in [0.15, 0.2) is 0 Å². The molecule has 6 aromatic rings. The minimum atomic E-state index is -1.25. The summed E-state index contributed by atoms with van der Waals surface area (Å²) >= 11 is 3.56. The summed E-state index contributed by atoms with van der Waals surface area (Å²) in [6.45, 7) is 2.42. The molecule has 0 atom stereocenters. The number of carbonyl (C=O) groups excluding carboxylic acids is 1. The maximum atomic E-state index is 12.8. The first-order valence-corrected chi connectivity index (χ1v) is 14.1. The van der Waals surface area contributed by atoms with Crippen molar-refractivity contribution >= 4 is 55.2 Å². The van der Waals surface area contributed by atoms with Crippen molar-refractivity contribution in [2.45, 2.75) is 26.3 Å². The number of amides is 1. The first kappa shape index (κ1) is 27.2. The van der Waals surface area contributed by atoms with Crippen molar-refractivity contribution in [1.82, 2.24) is 15.0 Å². The van der Waals surface area contributed by atoms with Gasteiger partial charge in [-0.05, 0) is 36.9 Å². The fourth-order valence-electron chi connectivity index (χ4n) is 4.97. The highest BCUT2D eigenvalue weighted by Gasteiger charge is 2.23. The molecule has 0 aliphatic carbocycles. The number of anilines is 1. The van der Waals surface area contributed by atoms with E-state index in [9.17, 15) is 19.8 Å². The maximum absolute atomic E-state index is 12.8. The van der Waals surface area contributed by atoms with Crippen LogP contribution in [0.4, 0.5) is 5.69 Å². The monoisotopic (exact) mass is 624 g/mol. The molecule has 0 unspecified atom stereocenters. The number of aryl methyl sites for hydroxylation is 2. The normalized spacial score (nSPS) is 11.3. The van der Waals surface area contributed by atoms with Crippen molar-refractivity contribution in [3.63, 3.8) is 0 Å². The van der Waals surface area contributed by atoms with Gasteiger partial charge in [0, 0.05) is 45.5 Å². The lowest BCUT2D eigenvalue weighted by atomic mass is 10.0. The maximum Gasteiger partial charge on any atom is 0.339 e. The van der Waals surface area contributed by atoms with Crippen molar-refractivity contribution in [2.75, 3.05) is 5.32 Å². The zero-order chi connectivity index (χ0) is 29.4. The lowest BCUT2D eigenvalue weighted by Gasteiger charge is -2.10. The largest absolute Gasteiger partial charge is 0.507 e. The van der Waals surface area contributed by atoms with E-state index in [1.165, 1.54) is 12.1 Å². The standard InChI is InChI=1S/C32H25BrN4O5/c1-18-8-10-19(11-9-18)31-30(23-15-22(32(40)41)27(38)16-28(23)42-31)26-17-37(36-35-26)14-4-7-29(39)34-25-13-12-24(33)20-5-2-3-6-21(20)25/h2-3,5-6,8-13,15-17,38H,4,7,14H2,1H3,(H,34,39)(H,40,41). The van der Waals surface area contributed by atoms with Gasteiger partial charge < -0.3 is 19.9 Å². The third-order valence-electron chi connectivity index (χ3n) is 7.08. The molecule has 2 heterocycles. The number of carboxylic acids is 1. The molecule has 42 heavy (non-hydrogen) atoms. The molecular weight excluding hydrogens is 600 g/mol. The highest BCUT2D eigenvalue weighted by Crippen LogP contribution is 2.42. The van der Waals surface area contributed by atoms with Gasteiger partial charge in [0.25, 0.3) is 0 Å². The molecular formula is C32H25BrN4O5. The van der Waals surface area contributed by atoms with Crippen LogP contribution in [0.2, 0.25) is 0 Å². The second-order valence-corrected chi connectivity index (χ2v) is 10.9. The summed E-state index contributed by atoms with van der Waals surface area (Å²) in [4.78, 5) is 24.5. The van der Waals surface area contributed by atoms with Crippen LogP contribution in [0.1, 0.15) is 28.8 Å². The average Bonchev–Trinajstić information content (AvgIpc) is 3.58. The molecule has 0 saturated carbocycles. The molecule has 0 fully saturated rings. The summed E-state index contributed by atoms with van der Waals surface area (Å²) in [5.74, 6) is -1.26. The lowest BCUT2D eigenvalue weighted by molar-refractivity contribution is -0.116. The van der Waals surface area contributed by atoms with E-state index in [4.69, 9.17) is 4.42 Å². The highest BCUT2D eigenvalue weighted by molar-refractivity contribution is 9.10. The number of benzene rings is 4. The number of nitrogens with zero attached hydrogens (tertiary/aromatic N) is 3. The molecule has 9 nitrogen and oxygen atoms in total. The van der Waals surface area contributed by atoms with E-state index in [1.54, 1.807) is 10.9 Å². The number of aromatic hydroxyl groups is 1. The van der Waals surface area contributed by atoms with Crippen molar-refractivity contribution in [1.29, 1.82) is 0 Å². The average molecular weight is 625 g/mol. The van der Waals surface area contributed by atoms with Crippen molar-refractivity contribution in [2.24, 2.45) is 0 Å². The van der Waals surface area contributed by atoms with Gasteiger partial charge in [0.05, 0.1) is 11.8 Å². The molecule has 10 heteroatoms. The number of nitrogens with one attached hydrogen (secondary N) is 1. The summed E-state index contributed by atoms with van der Waals surface area (Å²) in [5, 5.41) is 33.9. The first-order valence-electron chi connectivity index (χ1n) is 13.3. The zero-order valence-electron chi connectivity index (χ0n) is 22.5. The van der Waals surface area contributed by atoms with Crippen LogP contribution in [-0.4, -0.2) is 37.1 Å². The third-order valence-corrected chi connectivity index (χ3v) is 7.77. The Labute approximate surface area is 248 Å². The van der Waals surface area contributed by atoms with Crippen molar-refractivity contribution in [3.8, 4) is 28.3 Å². The molecule has 2 aromatic heterocycles. The van der Waals surface area contributed by atoms with Crippen LogP contribution in [0.5, 0.6) is 5.75 Å². The highest BCUT2D eigenvalue weighted by atomic mass is 79.9. The number of aromatic carboxylic acids is 1. The van der Waals surface area contributed by atoms with E-state index in [1.807, 2.05) is 67.6 Å². The smallest absolute Gasteiger partial charge is 0.339 e. The fraction of sp³-hybridized carbons (Fsp3) is 0.125. The Morgan fingerprint density at radius 3 is 2.52 bits per heavy atom. The summed E-state index contributed by atoms with van der Waals surface area (Å²) in [7, 11) is 0. The second kappa shape index (κ2) is 11.1. The molecule has 1 amide bonds. The molecule has 0 bridgehead atoms. The topological polar surface area (TPSA) is 130 Å². The van der Waals surface area contributed by atoms with Crippen LogP contribution in [0, 0.1) is 6.92 Å². The number of hydrogen-bond donors (Lipinski definition) is 3. The van der Waals surface area contributed by atoms with E-state index in [0.29, 0.717) is 41.0 Å². The fourth-order valence-corrected chi connectivity index (χ4v) is 5.45. The van der Waals surface area contributed by atoms with Crippen LogP contribution >= 0.6 is 15.9 Å². The Bertz CT molecular complexity index is 1980. The lowest BCUT2D eigenvalue weighted by Crippen LogP contribution is -2.13. The van der Waals surface area contributed by atoms with E-state index in [-0.39, 0.29) is 23.6 Å². The molecule has 0 aliphatic rings. The Morgan fingerprint density at radius 1 is 1.00 bits per heavy atom. The molecule has 210 valence electrons. The van der Waals surface area contributed by atoms with Gasteiger partial charge in [-0.1, -0.05) is 75.2 Å². The molecule has 3 N–H and O–H groups in total. The summed E-state index contributed by atoms with van der Waals surface area (Å²) in [5.41, 5.74) is 3.75.